The number of rotatable bonds is 4. The van der Waals surface area contributed by atoms with Gasteiger partial charge in [-0.2, -0.15) is 9.40 Å². The number of hydrogen-bond acceptors (Lipinski definition) is 5. The number of para-hydroxylation sites is 1. The van der Waals surface area contributed by atoms with E-state index < -0.39 is 10.0 Å². The molecule has 1 aromatic heterocycles. The number of piperidine rings is 1. The second kappa shape index (κ2) is 7.08. The van der Waals surface area contributed by atoms with E-state index in [2.05, 4.69) is 15.5 Å². The van der Waals surface area contributed by atoms with Gasteiger partial charge in [-0.05, 0) is 38.8 Å². The molecule has 1 aliphatic rings. The van der Waals surface area contributed by atoms with E-state index in [9.17, 15) is 18.3 Å². The molecule has 1 aliphatic heterocycles. The van der Waals surface area contributed by atoms with Crippen molar-refractivity contribution < 1.29 is 18.3 Å². The molecular formula is C17H22N4O4S. The highest BCUT2D eigenvalue weighted by Crippen LogP contribution is 2.25. The molecule has 0 saturated carbocycles. The summed E-state index contributed by atoms with van der Waals surface area (Å²) in [5.74, 6) is -0.429. The predicted molar refractivity (Wildman–Crippen MR) is 95.4 cm³/mol. The van der Waals surface area contributed by atoms with Gasteiger partial charge in [-0.1, -0.05) is 12.1 Å². The molecule has 0 aliphatic carbocycles. The summed E-state index contributed by atoms with van der Waals surface area (Å²) < 4.78 is 27.1. The standard InChI is InChI=1S/C17H22N4O4S/c1-11-16(12(2)20-19-11)26(24,25)21-9-7-13(8-10-21)18-17(23)14-5-3-4-6-15(14)22/h3-6,13,22H,7-10H2,1-2H3,(H,18,23)(H,19,20). The number of H-pyrrole nitrogens is 1. The molecule has 1 amide bonds. The summed E-state index contributed by atoms with van der Waals surface area (Å²) in [7, 11) is -3.60. The lowest BCUT2D eigenvalue weighted by molar-refractivity contribution is 0.0921. The summed E-state index contributed by atoms with van der Waals surface area (Å²) >= 11 is 0. The largest absolute Gasteiger partial charge is 0.507 e. The number of nitrogens with zero attached hydrogens (tertiary/aromatic N) is 2. The molecule has 0 radical (unpaired) electrons. The van der Waals surface area contributed by atoms with Crippen LogP contribution < -0.4 is 5.32 Å². The van der Waals surface area contributed by atoms with Crippen LogP contribution in [0.4, 0.5) is 0 Å². The third-order valence-electron chi connectivity index (χ3n) is 4.60. The third-order valence-corrected chi connectivity index (χ3v) is 6.76. The van der Waals surface area contributed by atoms with E-state index >= 15 is 0 Å². The van der Waals surface area contributed by atoms with Crippen LogP contribution in [0.5, 0.6) is 5.75 Å². The number of carbonyl (C=O) groups is 1. The van der Waals surface area contributed by atoms with Crippen molar-refractivity contribution in [1.29, 1.82) is 0 Å². The molecule has 0 atom stereocenters. The number of aromatic hydroxyl groups is 1. The number of phenolic OH excluding ortho intramolecular Hbond substituents is 1. The summed E-state index contributed by atoms with van der Waals surface area (Å²) in [6, 6.07) is 6.20. The SMILES string of the molecule is Cc1n[nH]c(C)c1S(=O)(=O)N1CCC(NC(=O)c2ccccc2O)CC1. The molecule has 0 unspecified atom stereocenters. The van der Waals surface area contributed by atoms with E-state index in [0.29, 0.717) is 37.3 Å². The molecule has 9 heteroatoms. The maximum absolute atomic E-state index is 12.8. The average Bonchev–Trinajstić information content (AvgIpc) is 2.95. The van der Waals surface area contributed by atoms with Gasteiger partial charge in [0.15, 0.2) is 0 Å². The zero-order valence-corrected chi connectivity index (χ0v) is 15.5. The molecule has 3 N–H and O–H groups in total. The highest BCUT2D eigenvalue weighted by molar-refractivity contribution is 7.89. The lowest BCUT2D eigenvalue weighted by Crippen LogP contribution is -2.46. The highest BCUT2D eigenvalue weighted by Gasteiger charge is 2.33. The van der Waals surface area contributed by atoms with Crippen LogP contribution in [0.25, 0.3) is 0 Å². The van der Waals surface area contributed by atoms with E-state index in [1.807, 2.05) is 0 Å². The fraction of sp³-hybridized carbons (Fsp3) is 0.412. The maximum Gasteiger partial charge on any atom is 0.255 e. The Hall–Kier alpha value is -2.39. The maximum atomic E-state index is 12.8. The molecule has 0 bridgehead atoms. The van der Waals surface area contributed by atoms with E-state index in [1.165, 1.54) is 10.4 Å². The van der Waals surface area contributed by atoms with E-state index in [0.717, 1.165) is 0 Å². The number of hydrogen-bond donors (Lipinski definition) is 3. The number of amides is 1. The van der Waals surface area contributed by atoms with Crippen molar-refractivity contribution in [2.75, 3.05) is 13.1 Å². The number of phenols is 1. The van der Waals surface area contributed by atoms with Crippen LogP contribution in [0.1, 0.15) is 34.6 Å². The number of carbonyl (C=O) groups excluding carboxylic acids is 1. The molecule has 1 aromatic carbocycles. The summed E-state index contributed by atoms with van der Waals surface area (Å²) in [4.78, 5) is 12.5. The zero-order chi connectivity index (χ0) is 18.9. The first-order valence-corrected chi connectivity index (χ1v) is 9.85. The summed E-state index contributed by atoms with van der Waals surface area (Å²) in [5, 5.41) is 19.3. The molecule has 0 spiro atoms. The highest BCUT2D eigenvalue weighted by atomic mass is 32.2. The lowest BCUT2D eigenvalue weighted by atomic mass is 10.1. The third kappa shape index (κ3) is 3.45. The Labute approximate surface area is 152 Å². The van der Waals surface area contributed by atoms with Crippen LogP contribution in [-0.2, 0) is 10.0 Å². The first kappa shape index (κ1) is 18.4. The number of nitrogens with one attached hydrogen (secondary N) is 2. The van der Waals surface area contributed by atoms with Crippen molar-refractivity contribution in [3.8, 4) is 5.75 Å². The van der Waals surface area contributed by atoms with Crippen LogP contribution in [-0.4, -0.2) is 53.1 Å². The zero-order valence-electron chi connectivity index (χ0n) is 14.7. The summed E-state index contributed by atoms with van der Waals surface area (Å²) in [5.41, 5.74) is 1.20. The number of aromatic nitrogens is 2. The second-order valence-corrected chi connectivity index (χ2v) is 8.31. The molecule has 1 fully saturated rings. The molecule has 140 valence electrons. The molecular weight excluding hydrogens is 356 g/mol. The van der Waals surface area contributed by atoms with E-state index in [4.69, 9.17) is 0 Å². The van der Waals surface area contributed by atoms with Gasteiger partial charge in [0, 0.05) is 19.1 Å². The number of aryl methyl sites for hydroxylation is 2. The Morgan fingerprint density at radius 2 is 1.92 bits per heavy atom. The van der Waals surface area contributed by atoms with Gasteiger partial charge in [0.1, 0.15) is 10.6 Å². The van der Waals surface area contributed by atoms with Crippen LogP contribution in [0.3, 0.4) is 0 Å². The predicted octanol–water partition coefficient (Wildman–Crippen LogP) is 1.32. The normalized spacial score (nSPS) is 16.5. The quantitative estimate of drug-likeness (QED) is 0.742. The molecule has 26 heavy (non-hydrogen) atoms. The number of sulfonamides is 1. The van der Waals surface area contributed by atoms with E-state index in [1.54, 1.807) is 32.0 Å². The molecule has 8 nitrogen and oxygen atoms in total. The Morgan fingerprint density at radius 1 is 1.27 bits per heavy atom. The Balaban J connectivity index is 1.64. The molecule has 2 aromatic rings. The average molecular weight is 378 g/mol. The van der Waals surface area contributed by atoms with Crippen LogP contribution in [0.15, 0.2) is 29.2 Å². The summed E-state index contributed by atoms with van der Waals surface area (Å²) in [6.45, 7) is 3.98. The molecule has 2 heterocycles. The molecule has 3 rings (SSSR count). The van der Waals surface area contributed by atoms with Crippen molar-refractivity contribution >= 4 is 15.9 Å². The lowest BCUT2D eigenvalue weighted by Gasteiger charge is -2.31. The minimum atomic E-state index is -3.60. The van der Waals surface area contributed by atoms with Crippen molar-refractivity contribution in [2.24, 2.45) is 0 Å². The smallest absolute Gasteiger partial charge is 0.255 e. The number of aromatic amines is 1. The van der Waals surface area contributed by atoms with Crippen molar-refractivity contribution in [2.45, 2.75) is 37.6 Å². The van der Waals surface area contributed by atoms with Crippen LogP contribution in [0, 0.1) is 13.8 Å². The van der Waals surface area contributed by atoms with Gasteiger partial charge in [0.2, 0.25) is 10.0 Å². The van der Waals surface area contributed by atoms with Crippen molar-refractivity contribution in [3.05, 3.63) is 41.2 Å². The fourth-order valence-electron chi connectivity index (χ4n) is 3.22. The van der Waals surface area contributed by atoms with Gasteiger partial charge in [-0.3, -0.25) is 9.89 Å². The van der Waals surface area contributed by atoms with Gasteiger partial charge >= 0.3 is 0 Å². The topological polar surface area (TPSA) is 115 Å². The van der Waals surface area contributed by atoms with Crippen molar-refractivity contribution in [3.63, 3.8) is 0 Å². The first-order valence-electron chi connectivity index (χ1n) is 8.41. The van der Waals surface area contributed by atoms with Gasteiger partial charge < -0.3 is 10.4 Å². The monoisotopic (exact) mass is 378 g/mol. The minimum absolute atomic E-state index is 0.0732. The molecule has 1 saturated heterocycles. The van der Waals surface area contributed by atoms with Crippen LogP contribution >= 0.6 is 0 Å². The number of benzene rings is 1. The van der Waals surface area contributed by atoms with Gasteiger partial charge in [-0.15, -0.1) is 0 Å². The Morgan fingerprint density at radius 3 is 2.50 bits per heavy atom. The fourth-order valence-corrected chi connectivity index (χ4v) is 5.02. The minimum Gasteiger partial charge on any atom is -0.507 e. The van der Waals surface area contributed by atoms with Gasteiger partial charge in [-0.25, -0.2) is 8.42 Å². The Bertz CT molecular complexity index is 895. The Kier molecular flexibility index (Phi) is 5.01. The van der Waals surface area contributed by atoms with Gasteiger partial charge in [0.25, 0.3) is 5.91 Å². The van der Waals surface area contributed by atoms with E-state index in [-0.39, 0.29) is 28.2 Å². The van der Waals surface area contributed by atoms with Crippen LogP contribution in [0.2, 0.25) is 0 Å². The first-order chi connectivity index (χ1) is 12.3. The second-order valence-electron chi connectivity index (χ2n) is 6.43. The summed E-state index contributed by atoms with van der Waals surface area (Å²) in [6.07, 6.45) is 1.02. The van der Waals surface area contributed by atoms with Crippen molar-refractivity contribution in [1.82, 2.24) is 19.8 Å². The van der Waals surface area contributed by atoms with Gasteiger partial charge in [0.05, 0.1) is 17.0 Å².